The largest absolute Gasteiger partial charge is 0.126 e. The lowest BCUT2D eigenvalue weighted by molar-refractivity contribution is 1.33. The molecule has 0 aliphatic heterocycles. The summed E-state index contributed by atoms with van der Waals surface area (Å²) in [5.74, 6) is 1.13. The van der Waals surface area contributed by atoms with Gasteiger partial charge in [-0.15, -0.1) is 11.8 Å². The summed E-state index contributed by atoms with van der Waals surface area (Å²) in [4.78, 5) is 3.94. The SMILES string of the molecule is CCSc1ccc(Sc2ccccc2)cc1. The molecule has 0 spiro atoms. The van der Waals surface area contributed by atoms with Gasteiger partial charge in [-0.25, -0.2) is 0 Å². The summed E-state index contributed by atoms with van der Waals surface area (Å²) >= 11 is 3.69. The minimum atomic E-state index is 1.13. The van der Waals surface area contributed by atoms with E-state index in [4.69, 9.17) is 0 Å². The maximum Gasteiger partial charge on any atom is 0.0123 e. The molecule has 0 radical (unpaired) electrons. The highest BCUT2D eigenvalue weighted by Crippen LogP contribution is 2.29. The highest BCUT2D eigenvalue weighted by Gasteiger charge is 1.97. The van der Waals surface area contributed by atoms with E-state index < -0.39 is 0 Å². The second-order valence-electron chi connectivity index (χ2n) is 3.32. The molecular formula is C14H14S2. The molecule has 0 heterocycles. The van der Waals surface area contributed by atoms with Crippen LogP contribution < -0.4 is 0 Å². The summed E-state index contributed by atoms with van der Waals surface area (Å²) in [6, 6.07) is 19.2. The quantitative estimate of drug-likeness (QED) is 0.700. The Kier molecular flexibility index (Phi) is 4.37. The van der Waals surface area contributed by atoms with Gasteiger partial charge in [0, 0.05) is 14.7 Å². The molecule has 0 saturated carbocycles. The van der Waals surface area contributed by atoms with Gasteiger partial charge >= 0.3 is 0 Å². The summed E-state index contributed by atoms with van der Waals surface area (Å²) in [7, 11) is 0. The van der Waals surface area contributed by atoms with Crippen LogP contribution in [0.2, 0.25) is 0 Å². The van der Waals surface area contributed by atoms with Gasteiger partial charge < -0.3 is 0 Å². The van der Waals surface area contributed by atoms with Crippen LogP contribution in [0.3, 0.4) is 0 Å². The molecule has 0 aliphatic rings. The minimum absolute atomic E-state index is 1.13. The smallest absolute Gasteiger partial charge is 0.0123 e. The van der Waals surface area contributed by atoms with Gasteiger partial charge in [0.15, 0.2) is 0 Å². The van der Waals surface area contributed by atoms with E-state index in [9.17, 15) is 0 Å². The molecule has 2 aromatic rings. The van der Waals surface area contributed by atoms with Crippen molar-refractivity contribution in [3.63, 3.8) is 0 Å². The van der Waals surface area contributed by atoms with E-state index in [2.05, 4.69) is 55.5 Å². The van der Waals surface area contributed by atoms with Crippen LogP contribution in [0.1, 0.15) is 6.92 Å². The summed E-state index contributed by atoms with van der Waals surface area (Å²) < 4.78 is 0. The van der Waals surface area contributed by atoms with E-state index in [1.165, 1.54) is 14.7 Å². The third kappa shape index (κ3) is 3.32. The Balaban J connectivity index is 2.05. The van der Waals surface area contributed by atoms with Crippen LogP contribution >= 0.6 is 23.5 Å². The second-order valence-corrected chi connectivity index (χ2v) is 5.80. The van der Waals surface area contributed by atoms with Crippen LogP contribution in [0.25, 0.3) is 0 Å². The number of rotatable bonds is 4. The molecule has 0 N–H and O–H groups in total. The average molecular weight is 246 g/mol. The second kappa shape index (κ2) is 6.02. The van der Waals surface area contributed by atoms with Crippen LogP contribution in [0.15, 0.2) is 69.3 Å². The molecule has 0 amide bonds. The van der Waals surface area contributed by atoms with E-state index in [1.54, 1.807) is 11.8 Å². The van der Waals surface area contributed by atoms with Crippen LogP contribution in [0.4, 0.5) is 0 Å². The summed E-state index contributed by atoms with van der Waals surface area (Å²) in [6.07, 6.45) is 0. The van der Waals surface area contributed by atoms with E-state index in [0.717, 1.165) is 5.75 Å². The first-order valence-corrected chi connectivity index (χ1v) is 7.14. The summed E-state index contributed by atoms with van der Waals surface area (Å²) in [5, 5.41) is 0. The molecule has 82 valence electrons. The van der Waals surface area contributed by atoms with Crippen molar-refractivity contribution in [1.29, 1.82) is 0 Å². The molecule has 16 heavy (non-hydrogen) atoms. The van der Waals surface area contributed by atoms with Gasteiger partial charge in [-0.1, -0.05) is 36.9 Å². The topological polar surface area (TPSA) is 0 Å². The number of hydrogen-bond acceptors (Lipinski definition) is 2. The van der Waals surface area contributed by atoms with Crippen LogP contribution in [0.5, 0.6) is 0 Å². The normalized spacial score (nSPS) is 10.3. The Morgan fingerprint density at radius 3 is 1.94 bits per heavy atom. The van der Waals surface area contributed by atoms with Crippen molar-refractivity contribution < 1.29 is 0 Å². The molecule has 0 atom stereocenters. The number of hydrogen-bond donors (Lipinski definition) is 0. The van der Waals surface area contributed by atoms with E-state index in [-0.39, 0.29) is 0 Å². The molecule has 0 unspecified atom stereocenters. The fourth-order valence-corrected chi connectivity index (χ4v) is 2.89. The van der Waals surface area contributed by atoms with Gasteiger partial charge in [-0.3, -0.25) is 0 Å². The first-order valence-electron chi connectivity index (χ1n) is 5.34. The predicted molar refractivity (Wildman–Crippen MR) is 73.4 cm³/mol. The lowest BCUT2D eigenvalue weighted by Crippen LogP contribution is -1.75. The van der Waals surface area contributed by atoms with E-state index in [1.807, 2.05) is 17.8 Å². The van der Waals surface area contributed by atoms with Crippen LogP contribution in [-0.4, -0.2) is 5.75 Å². The lowest BCUT2D eigenvalue weighted by Gasteiger charge is -2.02. The zero-order chi connectivity index (χ0) is 11.2. The van der Waals surface area contributed by atoms with Crippen molar-refractivity contribution in [2.24, 2.45) is 0 Å². The van der Waals surface area contributed by atoms with Crippen LogP contribution in [-0.2, 0) is 0 Å². The Morgan fingerprint density at radius 2 is 1.31 bits per heavy atom. The Labute approximate surface area is 105 Å². The third-order valence-corrected chi connectivity index (χ3v) is 4.02. The van der Waals surface area contributed by atoms with Gasteiger partial charge in [-0.2, -0.15) is 0 Å². The molecule has 2 heteroatoms. The van der Waals surface area contributed by atoms with Crippen molar-refractivity contribution in [3.8, 4) is 0 Å². The van der Waals surface area contributed by atoms with Gasteiger partial charge in [0.1, 0.15) is 0 Å². The highest BCUT2D eigenvalue weighted by atomic mass is 32.2. The zero-order valence-corrected chi connectivity index (χ0v) is 10.9. The van der Waals surface area contributed by atoms with Crippen molar-refractivity contribution >= 4 is 23.5 Å². The summed E-state index contributed by atoms with van der Waals surface area (Å²) in [5.41, 5.74) is 0. The maximum absolute atomic E-state index is 2.19. The van der Waals surface area contributed by atoms with E-state index >= 15 is 0 Å². The van der Waals surface area contributed by atoms with Crippen LogP contribution in [0, 0.1) is 0 Å². The fraction of sp³-hybridized carbons (Fsp3) is 0.143. The highest BCUT2D eigenvalue weighted by molar-refractivity contribution is 7.99. The third-order valence-electron chi connectivity index (χ3n) is 2.11. The summed E-state index contributed by atoms with van der Waals surface area (Å²) in [6.45, 7) is 2.18. The lowest BCUT2D eigenvalue weighted by atomic mass is 10.4. The first-order chi connectivity index (χ1) is 7.88. The van der Waals surface area contributed by atoms with Crippen molar-refractivity contribution in [2.75, 3.05) is 5.75 Å². The Bertz CT molecular complexity index is 420. The Morgan fingerprint density at radius 1 is 0.750 bits per heavy atom. The molecule has 0 aromatic heterocycles. The standard InChI is InChI=1S/C14H14S2/c1-2-15-12-8-10-14(11-9-12)16-13-6-4-3-5-7-13/h3-11H,2H2,1H3. The molecule has 0 nitrogen and oxygen atoms in total. The van der Waals surface area contributed by atoms with Gasteiger partial charge in [0.2, 0.25) is 0 Å². The van der Waals surface area contributed by atoms with Gasteiger partial charge in [0.05, 0.1) is 0 Å². The number of thioether (sulfide) groups is 1. The van der Waals surface area contributed by atoms with Crippen molar-refractivity contribution in [3.05, 3.63) is 54.6 Å². The van der Waals surface area contributed by atoms with E-state index in [0.29, 0.717) is 0 Å². The zero-order valence-electron chi connectivity index (χ0n) is 9.22. The number of benzene rings is 2. The molecule has 0 fully saturated rings. The van der Waals surface area contributed by atoms with Gasteiger partial charge in [0.25, 0.3) is 0 Å². The van der Waals surface area contributed by atoms with Crippen molar-refractivity contribution in [1.82, 2.24) is 0 Å². The maximum atomic E-state index is 2.19. The van der Waals surface area contributed by atoms with Crippen molar-refractivity contribution in [2.45, 2.75) is 21.6 Å². The molecule has 2 rings (SSSR count). The average Bonchev–Trinajstić information content (AvgIpc) is 2.33. The minimum Gasteiger partial charge on any atom is -0.126 e. The molecule has 2 aromatic carbocycles. The Hall–Kier alpha value is -0.860. The predicted octanol–water partition coefficient (Wildman–Crippen LogP) is 4.95. The van der Waals surface area contributed by atoms with Gasteiger partial charge in [-0.05, 0) is 42.2 Å². The fourth-order valence-electron chi connectivity index (χ4n) is 1.40. The molecule has 0 aliphatic carbocycles. The molecule has 0 bridgehead atoms. The molecule has 0 saturated heterocycles. The first kappa shape index (κ1) is 11.6. The molecular weight excluding hydrogens is 232 g/mol. The monoisotopic (exact) mass is 246 g/mol.